The topological polar surface area (TPSA) is 66.4 Å². The average molecular weight is 295 g/mol. The molecule has 0 radical (unpaired) electrons. The number of hydrogen-bond acceptors (Lipinski definition) is 2. The summed E-state index contributed by atoms with van der Waals surface area (Å²) in [7, 11) is 0. The van der Waals surface area contributed by atoms with Gasteiger partial charge in [0, 0.05) is 5.54 Å². The van der Waals surface area contributed by atoms with E-state index in [-0.39, 0.29) is 16.5 Å². The molecule has 116 valence electrons. The maximum atomic E-state index is 13.8. The number of carbonyl (C=O) groups excluding carboxylic acids is 1. The lowest BCUT2D eigenvalue weighted by Gasteiger charge is -2.33. The van der Waals surface area contributed by atoms with E-state index in [1.165, 1.54) is 12.1 Å². The number of rotatable bonds is 4. The van der Waals surface area contributed by atoms with Crippen molar-refractivity contribution in [2.24, 2.45) is 5.41 Å². The largest absolute Gasteiger partial charge is 0.478 e. The second kappa shape index (κ2) is 5.84. The molecule has 5 heteroatoms. The number of amides is 1. The third kappa shape index (κ3) is 5.17. The van der Waals surface area contributed by atoms with Gasteiger partial charge in [0.05, 0.1) is 11.1 Å². The standard InChI is InChI=1S/C16H22FNO3/c1-15(2,3)9-16(4,5)18-13(19)11-7-6-10(14(20)21)8-12(11)17/h6-8H,9H2,1-5H3,(H,18,19)(H,20,21). The Balaban J connectivity index is 2.92. The van der Waals surface area contributed by atoms with Crippen LogP contribution in [0.4, 0.5) is 4.39 Å². The molecule has 0 heterocycles. The second-order valence-electron chi connectivity index (χ2n) is 7.08. The van der Waals surface area contributed by atoms with Crippen LogP contribution in [0, 0.1) is 11.2 Å². The first-order valence-corrected chi connectivity index (χ1v) is 6.77. The Morgan fingerprint density at radius 1 is 1.19 bits per heavy atom. The van der Waals surface area contributed by atoms with E-state index in [0.717, 1.165) is 12.5 Å². The molecule has 0 saturated heterocycles. The highest BCUT2D eigenvalue weighted by Gasteiger charge is 2.28. The first-order valence-electron chi connectivity index (χ1n) is 6.77. The summed E-state index contributed by atoms with van der Waals surface area (Å²) in [5.41, 5.74) is -0.810. The van der Waals surface area contributed by atoms with E-state index >= 15 is 0 Å². The smallest absolute Gasteiger partial charge is 0.335 e. The highest BCUT2D eigenvalue weighted by molar-refractivity contribution is 5.96. The summed E-state index contributed by atoms with van der Waals surface area (Å²) < 4.78 is 13.8. The van der Waals surface area contributed by atoms with E-state index < -0.39 is 23.2 Å². The number of carbonyl (C=O) groups is 2. The Kier molecular flexibility index (Phi) is 4.76. The summed E-state index contributed by atoms with van der Waals surface area (Å²) in [4.78, 5) is 22.9. The average Bonchev–Trinajstić information content (AvgIpc) is 2.23. The summed E-state index contributed by atoms with van der Waals surface area (Å²) in [6.07, 6.45) is 0.723. The summed E-state index contributed by atoms with van der Waals surface area (Å²) in [5.74, 6) is -2.61. The fraction of sp³-hybridized carbons (Fsp3) is 0.500. The van der Waals surface area contributed by atoms with E-state index in [9.17, 15) is 14.0 Å². The predicted octanol–water partition coefficient (Wildman–Crippen LogP) is 3.47. The fourth-order valence-corrected chi connectivity index (χ4v) is 2.58. The fourth-order valence-electron chi connectivity index (χ4n) is 2.58. The monoisotopic (exact) mass is 295 g/mol. The van der Waals surface area contributed by atoms with Crippen molar-refractivity contribution in [2.45, 2.75) is 46.6 Å². The highest BCUT2D eigenvalue weighted by Crippen LogP contribution is 2.27. The van der Waals surface area contributed by atoms with Gasteiger partial charge >= 0.3 is 5.97 Å². The molecule has 1 rings (SSSR count). The lowest BCUT2D eigenvalue weighted by Crippen LogP contribution is -2.46. The summed E-state index contributed by atoms with van der Waals surface area (Å²) in [5, 5.41) is 11.6. The van der Waals surface area contributed by atoms with Crippen LogP contribution in [-0.4, -0.2) is 22.5 Å². The number of carboxylic acid groups (broad SMARTS) is 1. The van der Waals surface area contributed by atoms with Crippen LogP contribution in [0.2, 0.25) is 0 Å². The number of hydrogen-bond donors (Lipinski definition) is 2. The van der Waals surface area contributed by atoms with E-state index in [2.05, 4.69) is 26.1 Å². The highest BCUT2D eigenvalue weighted by atomic mass is 19.1. The van der Waals surface area contributed by atoms with E-state index in [4.69, 9.17) is 5.11 Å². The molecule has 0 fully saturated rings. The maximum absolute atomic E-state index is 13.8. The third-order valence-electron chi connectivity index (χ3n) is 2.88. The summed E-state index contributed by atoms with van der Waals surface area (Å²) in [6.45, 7) is 9.93. The van der Waals surface area contributed by atoms with Crippen molar-refractivity contribution in [1.82, 2.24) is 5.32 Å². The Labute approximate surface area is 124 Å². The van der Waals surface area contributed by atoms with Gasteiger partial charge in [0.25, 0.3) is 5.91 Å². The van der Waals surface area contributed by atoms with Crippen molar-refractivity contribution in [1.29, 1.82) is 0 Å². The van der Waals surface area contributed by atoms with Gasteiger partial charge in [-0.2, -0.15) is 0 Å². The van der Waals surface area contributed by atoms with Gasteiger partial charge in [-0.05, 0) is 43.9 Å². The molecule has 0 aliphatic carbocycles. The lowest BCUT2D eigenvalue weighted by atomic mass is 9.81. The van der Waals surface area contributed by atoms with Crippen molar-refractivity contribution in [3.63, 3.8) is 0 Å². The van der Waals surface area contributed by atoms with Crippen molar-refractivity contribution in [3.05, 3.63) is 35.1 Å². The number of carboxylic acids is 1. The van der Waals surface area contributed by atoms with Gasteiger partial charge in [0.2, 0.25) is 0 Å². The van der Waals surface area contributed by atoms with Crippen LogP contribution in [0.1, 0.15) is 61.8 Å². The molecule has 1 aromatic rings. The molecule has 4 nitrogen and oxygen atoms in total. The number of aromatic carboxylic acids is 1. The number of nitrogens with one attached hydrogen (secondary N) is 1. The molecule has 21 heavy (non-hydrogen) atoms. The van der Waals surface area contributed by atoms with Gasteiger partial charge < -0.3 is 10.4 Å². The zero-order valence-electron chi connectivity index (χ0n) is 13.1. The van der Waals surface area contributed by atoms with Crippen molar-refractivity contribution < 1.29 is 19.1 Å². The van der Waals surface area contributed by atoms with Gasteiger partial charge in [0.1, 0.15) is 5.82 Å². The number of benzene rings is 1. The predicted molar refractivity (Wildman–Crippen MR) is 79.0 cm³/mol. The molecule has 0 unspecified atom stereocenters. The molecule has 2 N–H and O–H groups in total. The molecule has 0 aliphatic rings. The van der Waals surface area contributed by atoms with E-state index in [1.54, 1.807) is 0 Å². The van der Waals surface area contributed by atoms with Gasteiger partial charge in [-0.3, -0.25) is 4.79 Å². The second-order valence-corrected chi connectivity index (χ2v) is 7.08. The molecular formula is C16H22FNO3. The van der Waals surface area contributed by atoms with Crippen LogP contribution in [0.3, 0.4) is 0 Å². The van der Waals surface area contributed by atoms with Crippen LogP contribution in [0.5, 0.6) is 0 Å². The zero-order valence-corrected chi connectivity index (χ0v) is 13.1. The minimum atomic E-state index is -1.23. The minimum Gasteiger partial charge on any atom is -0.478 e. The van der Waals surface area contributed by atoms with Crippen molar-refractivity contribution >= 4 is 11.9 Å². The van der Waals surface area contributed by atoms with Crippen LogP contribution < -0.4 is 5.32 Å². The maximum Gasteiger partial charge on any atom is 0.335 e. The van der Waals surface area contributed by atoms with Gasteiger partial charge in [0.15, 0.2) is 0 Å². The molecule has 0 atom stereocenters. The molecule has 0 aromatic heterocycles. The normalized spacial score (nSPS) is 12.1. The quantitative estimate of drug-likeness (QED) is 0.893. The van der Waals surface area contributed by atoms with Gasteiger partial charge in [-0.1, -0.05) is 20.8 Å². The van der Waals surface area contributed by atoms with Gasteiger partial charge in [-0.25, -0.2) is 9.18 Å². The Morgan fingerprint density at radius 3 is 2.19 bits per heavy atom. The van der Waals surface area contributed by atoms with Gasteiger partial charge in [-0.15, -0.1) is 0 Å². The molecule has 0 aliphatic heterocycles. The van der Waals surface area contributed by atoms with Crippen LogP contribution >= 0.6 is 0 Å². The number of halogens is 1. The molecule has 0 saturated carbocycles. The molecule has 1 aromatic carbocycles. The minimum absolute atomic E-state index is 0.0164. The van der Waals surface area contributed by atoms with Crippen LogP contribution in [-0.2, 0) is 0 Å². The van der Waals surface area contributed by atoms with E-state index in [1.807, 2.05) is 13.8 Å². The SMILES string of the molecule is CC(C)(C)CC(C)(C)NC(=O)c1ccc(C(=O)O)cc1F. The summed E-state index contributed by atoms with van der Waals surface area (Å²) in [6, 6.07) is 3.27. The van der Waals surface area contributed by atoms with Crippen LogP contribution in [0.15, 0.2) is 18.2 Å². The van der Waals surface area contributed by atoms with E-state index in [0.29, 0.717) is 0 Å². The summed E-state index contributed by atoms with van der Waals surface area (Å²) >= 11 is 0. The Morgan fingerprint density at radius 2 is 1.76 bits per heavy atom. The molecule has 0 spiro atoms. The Hall–Kier alpha value is -1.91. The third-order valence-corrected chi connectivity index (χ3v) is 2.88. The molecular weight excluding hydrogens is 273 g/mol. The first kappa shape index (κ1) is 17.1. The van der Waals surface area contributed by atoms with Crippen LogP contribution in [0.25, 0.3) is 0 Å². The first-order chi connectivity index (χ1) is 9.41. The van der Waals surface area contributed by atoms with Crippen molar-refractivity contribution in [2.75, 3.05) is 0 Å². The molecule has 0 bridgehead atoms. The Bertz CT molecular complexity index is 559. The van der Waals surface area contributed by atoms with Crippen molar-refractivity contribution in [3.8, 4) is 0 Å². The molecule has 1 amide bonds. The lowest BCUT2D eigenvalue weighted by molar-refractivity contribution is 0.0695. The zero-order chi connectivity index (χ0) is 16.4.